The van der Waals surface area contributed by atoms with E-state index in [0.717, 1.165) is 0 Å². The summed E-state index contributed by atoms with van der Waals surface area (Å²) in [6.45, 7) is 0. The van der Waals surface area contributed by atoms with Crippen LogP contribution >= 0.6 is 11.6 Å². The van der Waals surface area contributed by atoms with Crippen LogP contribution < -0.4 is 0 Å². The molecule has 0 atom stereocenters. The van der Waals surface area contributed by atoms with Crippen molar-refractivity contribution in [2.45, 2.75) is 5.38 Å². The Kier molecular flexibility index (Phi) is 3.33. The van der Waals surface area contributed by atoms with Gasteiger partial charge in [0, 0.05) is 5.39 Å². The van der Waals surface area contributed by atoms with Crippen LogP contribution in [-0.4, -0.2) is 4.98 Å². The molecule has 21 heavy (non-hydrogen) atoms. The van der Waals surface area contributed by atoms with E-state index < -0.39 is 16.9 Å². The topological polar surface area (TPSA) is 12.9 Å². The van der Waals surface area contributed by atoms with E-state index in [1.165, 1.54) is 24.3 Å². The molecule has 0 fully saturated rings. The predicted octanol–water partition coefficient (Wildman–Crippen LogP) is 5.33. The van der Waals surface area contributed by atoms with Crippen LogP contribution in [0.25, 0.3) is 22.0 Å². The number of halogens is 4. The lowest BCUT2D eigenvalue weighted by atomic mass is 10.00. The Morgan fingerprint density at radius 3 is 2.33 bits per heavy atom. The van der Waals surface area contributed by atoms with Gasteiger partial charge in [0.15, 0.2) is 0 Å². The number of fused-ring (bicyclic) bond motifs is 1. The number of hydrogen-bond acceptors (Lipinski definition) is 1. The third-order valence-corrected chi connectivity index (χ3v) is 3.34. The minimum absolute atomic E-state index is 0.271. The molecule has 1 nitrogen and oxygen atoms in total. The maximum Gasteiger partial charge on any atom is 0.364 e. The second-order valence-electron chi connectivity index (χ2n) is 4.58. The average molecular weight is 308 g/mol. The fourth-order valence-electron chi connectivity index (χ4n) is 2.20. The van der Waals surface area contributed by atoms with E-state index in [0.29, 0.717) is 16.5 Å². The van der Waals surface area contributed by atoms with E-state index >= 15 is 0 Å². The first kappa shape index (κ1) is 13.9. The molecule has 5 heteroatoms. The number of rotatable bonds is 2. The van der Waals surface area contributed by atoms with Crippen LogP contribution in [0.1, 0.15) is 5.69 Å². The van der Waals surface area contributed by atoms with E-state index in [1.807, 2.05) is 6.07 Å². The first-order chi connectivity index (χ1) is 9.95. The van der Waals surface area contributed by atoms with Gasteiger partial charge in [0.05, 0.1) is 5.52 Å². The van der Waals surface area contributed by atoms with Gasteiger partial charge >= 0.3 is 5.38 Å². The summed E-state index contributed by atoms with van der Waals surface area (Å²) in [5.41, 5.74) is 0.878. The Bertz CT molecular complexity index is 798. The van der Waals surface area contributed by atoms with Crippen LogP contribution in [0.3, 0.4) is 0 Å². The molecular formula is C16H9ClF3N. The van der Waals surface area contributed by atoms with Crippen LogP contribution in [-0.2, 0) is 5.38 Å². The highest BCUT2D eigenvalue weighted by Crippen LogP contribution is 2.36. The van der Waals surface area contributed by atoms with Crippen molar-refractivity contribution in [3.8, 4) is 11.1 Å². The summed E-state index contributed by atoms with van der Waals surface area (Å²) in [4.78, 5) is 3.83. The highest BCUT2D eigenvalue weighted by Gasteiger charge is 2.31. The van der Waals surface area contributed by atoms with Crippen LogP contribution in [0.5, 0.6) is 0 Å². The Morgan fingerprint density at radius 1 is 0.952 bits per heavy atom. The zero-order valence-electron chi connectivity index (χ0n) is 10.7. The van der Waals surface area contributed by atoms with E-state index in [9.17, 15) is 13.2 Å². The molecule has 0 radical (unpaired) electrons. The minimum atomic E-state index is -3.58. The van der Waals surface area contributed by atoms with Crippen molar-refractivity contribution in [1.82, 2.24) is 4.98 Å². The Labute approximate surface area is 124 Å². The lowest BCUT2D eigenvalue weighted by molar-refractivity contribution is 0.0904. The highest BCUT2D eigenvalue weighted by molar-refractivity contribution is 6.21. The summed E-state index contributed by atoms with van der Waals surface area (Å²) in [6.07, 6.45) is 0. The van der Waals surface area contributed by atoms with Gasteiger partial charge in [0.2, 0.25) is 0 Å². The molecule has 0 spiro atoms. The molecule has 0 unspecified atom stereocenters. The second kappa shape index (κ2) is 5.04. The van der Waals surface area contributed by atoms with Crippen molar-refractivity contribution in [1.29, 1.82) is 0 Å². The maximum atomic E-state index is 13.5. The van der Waals surface area contributed by atoms with E-state index in [4.69, 9.17) is 11.6 Å². The average Bonchev–Trinajstić information content (AvgIpc) is 2.46. The summed E-state index contributed by atoms with van der Waals surface area (Å²) < 4.78 is 40.2. The molecule has 3 aromatic rings. The molecule has 1 aromatic heterocycles. The van der Waals surface area contributed by atoms with E-state index in [-0.39, 0.29) is 5.52 Å². The van der Waals surface area contributed by atoms with Crippen molar-refractivity contribution in [3.05, 3.63) is 66.1 Å². The number of benzene rings is 2. The van der Waals surface area contributed by atoms with Crippen molar-refractivity contribution in [3.63, 3.8) is 0 Å². The zero-order valence-corrected chi connectivity index (χ0v) is 11.4. The molecule has 2 aromatic carbocycles. The number of pyridine rings is 1. The van der Waals surface area contributed by atoms with Crippen LogP contribution in [0.4, 0.5) is 13.2 Å². The SMILES string of the molecule is Fc1ccc2nc(C(F)(F)Cl)cc(-c3ccccc3)c2c1. The molecular weight excluding hydrogens is 299 g/mol. The smallest absolute Gasteiger partial charge is 0.245 e. The molecule has 0 amide bonds. The number of nitrogens with zero attached hydrogens (tertiary/aromatic N) is 1. The van der Waals surface area contributed by atoms with Crippen molar-refractivity contribution < 1.29 is 13.2 Å². The lowest BCUT2D eigenvalue weighted by Crippen LogP contribution is -2.07. The standard InChI is InChI=1S/C16H9ClF3N/c17-16(19,20)15-9-12(10-4-2-1-3-5-10)13-8-11(18)6-7-14(13)21-15/h1-9H. The quantitative estimate of drug-likeness (QED) is 0.583. The zero-order chi connectivity index (χ0) is 15.0. The summed E-state index contributed by atoms with van der Waals surface area (Å²) in [7, 11) is 0. The second-order valence-corrected chi connectivity index (χ2v) is 5.06. The van der Waals surface area contributed by atoms with Crippen LogP contribution in [0.2, 0.25) is 0 Å². The molecule has 0 saturated heterocycles. The normalized spacial score (nSPS) is 11.8. The number of aromatic nitrogens is 1. The summed E-state index contributed by atoms with van der Waals surface area (Å²) in [6, 6.07) is 13.9. The van der Waals surface area contributed by atoms with Crippen LogP contribution in [0.15, 0.2) is 54.6 Å². The van der Waals surface area contributed by atoms with Gasteiger partial charge in [-0.2, -0.15) is 8.78 Å². The van der Waals surface area contributed by atoms with Gasteiger partial charge in [-0.05, 0) is 47.0 Å². The van der Waals surface area contributed by atoms with E-state index in [2.05, 4.69) is 4.98 Å². The largest absolute Gasteiger partial charge is 0.364 e. The highest BCUT2D eigenvalue weighted by atomic mass is 35.5. The monoisotopic (exact) mass is 307 g/mol. The van der Waals surface area contributed by atoms with Gasteiger partial charge in [0.1, 0.15) is 11.5 Å². The van der Waals surface area contributed by atoms with Crippen molar-refractivity contribution in [2.24, 2.45) is 0 Å². The molecule has 0 N–H and O–H groups in total. The van der Waals surface area contributed by atoms with Crippen molar-refractivity contribution in [2.75, 3.05) is 0 Å². The molecule has 0 aliphatic heterocycles. The van der Waals surface area contributed by atoms with Gasteiger partial charge in [-0.3, -0.25) is 0 Å². The fraction of sp³-hybridized carbons (Fsp3) is 0.0625. The summed E-state index contributed by atoms with van der Waals surface area (Å²) >= 11 is 5.08. The van der Waals surface area contributed by atoms with Crippen molar-refractivity contribution >= 4 is 22.5 Å². The number of alkyl halides is 3. The van der Waals surface area contributed by atoms with Gasteiger partial charge in [-0.25, -0.2) is 9.37 Å². The minimum Gasteiger partial charge on any atom is -0.245 e. The maximum absolute atomic E-state index is 13.5. The predicted molar refractivity (Wildman–Crippen MR) is 76.9 cm³/mol. The van der Waals surface area contributed by atoms with Crippen LogP contribution in [0, 0.1) is 5.82 Å². The molecule has 0 aliphatic rings. The van der Waals surface area contributed by atoms with Gasteiger partial charge in [-0.1, -0.05) is 30.3 Å². The Morgan fingerprint density at radius 2 is 1.67 bits per heavy atom. The number of hydrogen-bond donors (Lipinski definition) is 0. The molecule has 0 bridgehead atoms. The molecule has 0 saturated carbocycles. The first-order valence-electron chi connectivity index (χ1n) is 6.18. The summed E-state index contributed by atoms with van der Waals surface area (Å²) in [5.74, 6) is -0.452. The molecule has 106 valence electrons. The van der Waals surface area contributed by atoms with Gasteiger partial charge in [0.25, 0.3) is 0 Å². The summed E-state index contributed by atoms with van der Waals surface area (Å²) in [5, 5.41) is -3.11. The third-order valence-electron chi connectivity index (χ3n) is 3.15. The first-order valence-corrected chi connectivity index (χ1v) is 6.56. The Balaban J connectivity index is 2.36. The molecule has 1 heterocycles. The fourth-order valence-corrected chi connectivity index (χ4v) is 2.30. The third kappa shape index (κ3) is 2.72. The molecule has 0 aliphatic carbocycles. The molecule has 3 rings (SSSR count). The lowest BCUT2D eigenvalue weighted by Gasteiger charge is -2.13. The Hall–Kier alpha value is -2.07. The van der Waals surface area contributed by atoms with Gasteiger partial charge < -0.3 is 0 Å². The van der Waals surface area contributed by atoms with Gasteiger partial charge in [-0.15, -0.1) is 0 Å². The van der Waals surface area contributed by atoms with E-state index in [1.54, 1.807) is 24.3 Å².